The van der Waals surface area contributed by atoms with Gasteiger partial charge in [0, 0.05) is 12.0 Å². The summed E-state index contributed by atoms with van der Waals surface area (Å²) in [7, 11) is 0. The van der Waals surface area contributed by atoms with Crippen LogP contribution in [0.15, 0.2) is 0 Å². The molecule has 1 amide bonds. The number of rotatable bonds is 0. The molecule has 0 aromatic carbocycles. The van der Waals surface area contributed by atoms with E-state index in [-0.39, 0.29) is 17.6 Å². The molecule has 0 saturated carbocycles. The third kappa shape index (κ3) is 2.44. The fourth-order valence-corrected chi connectivity index (χ4v) is 1.73. The summed E-state index contributed by atoms with van der Waals surface area (Å²) >= 11 is 0. The fraction of sp³-hybridized carbons (Fsp3) is 0.750. The first-order valence-corrected chi connectivity index (χ1v) is 5.13. The average molecular weight is 209 g/mol. The average Bonchev–Trinajstić information content (AvgIpc) is 1.97. The Morgan fingerprint density at radius 2 is 2.07 bits per heavy atom. The molecule has 84 valence electrons. The summed E-state index contributed by atoms with van der Waals surface area (Å²) < 4.78 is 5.26. The van der Waals surface area contributed by atoms with Crippen molar-refractivity contribution in [3.8, 4) is 12.3 Å². The second-order valence-corrected chi connectivity index (χ2v) is 5.67. The highest BCUT2D eigenvalue weighted by Crippen LogP contribution is 2.37. The SMILES string of the molecule is C#CC1N(C(=O)OC(C)(C)C)CC1(C)C. The van der Waals surface area contributed by atoms with Gasteiger partial charge in [0.15, 0.2) is 0 Å². The lowest BCUT2D eigenvalue weighted by molar-refractivity contribution is -0.0434. The molecule has 0 N–H and O–H groups in total. The zero-order valence-corrected chi connectivity index (χ0v) is 10.1. The van der Waals surface area contributed by atoms with Crippen molar-refractivity contribution in [1.82, 2.24) is 4.90 Å². The molecule has 0 aromatic heterocycles. The molecule has 0 spiro atoms. The van der Waals surface area contributed by atoms with E-state index in [2.05, 4.69) is 19.8 Å². The third-order valence-electron chi connectivity index (χ3n) is 2.42. The quantitative estimate of drug-likeness (QED) is 0.573. The number of ether oxygens (including phenoxy) is 1. The maximum atomic E-state index is 11.7. The second kappa shape index (κ2) is 3.44. The number of amides is 1. The van der Waals surface area contributed by atoms with Crippen LogP contribution in [0.25, 0.3) is 0 Å². The minimum Gasteiger partial charge on any atom is -0.444 e. The summed E-state index contributed by atoms with van der Waals surface area (Å²) in [6.45, 7) is 10.3. The lowest BCUT2D eigenvalue weighted by atomic mass is 9.76. The van der Waals surface area contributed by atoms with Gasteiger partial charge in [0.1, 0.15) is 11.6 Å². The molecule has 1 unspecified atom stereocenters. The van der Waals surface area contributed by atoms with Gasteiger partial charge in [0.25, 0.3) is 0 Å². The van der Waals surface area contributed by atoms with Gasteiger partial charge in [-0.2, -0.15) is 0 Å². The van der Waals surface area contributed by atoms with Crippen molar-refractivity contribution in [3.05, 3.63) is 0 Å². The molecule has 1 aliphatic rings. The van der Waals surface area contributed by atoms with Gasteiger partial charge in [-0.15, -0.1) is 6.42 Å². The van der Waals surface area contributed by atoms with Gasteiger partial charge in [0.2, 0.25) is 0 Å². The molecule has 1 rings (SSSR count). The van der Waals surface area contributed by atoms with E-state index < -0.39 is 5.60 Å². The molecule has 1 heterocycles. The molecule has 0 aliphatic carbocycles. The molecule has 0 radical (unpaired) electrons. The van der Waals surface area contributed by atoms with Gasteiger partial charge in [-0.25, -0.2) is 4.79 Å². The Labute approximate surface area is 91.8 Å². The Morgan fingerprint density at radius 1 is 1.53 bits per heavy atom. The Kier molecular flexibility index (Phi) is 2.73. The summed E-state index contributed by atoms with van der Waals surface area (Å²) in [5, 5.41) is 0. The topological polar surface area (TPSA) is 29.5 Å². The number of hydrogen-bond acceptors (Lipinski definition) is 2. The fourth-order valence-electron chi connectivity index (χ4n) is 1.73. The second-order valence-electron chi connectivity index (χ2n) is 5.67. The maximum absolute atomic E-state index is 11.7. The van der Waals surface area contributed by atoms with Gasteiger partial charge in [-0.05, 0) is 20.8 Å². The number of likely N-dealkylation sites (tertiary alicyclic amines) is 1. The van der Waals surface area contributed by atoms with Crippen LogP contribution in [-0.4, -0.2) is 29.2 Å². The van der Waals surface area contributed by atoms with Crippen LogP contribution in [0.4, 0.5) is 4.79 Å². The van der Waals surface area contributed by atoms with E-state index in [0.717, 1.165) is 0 Å². The zero-order chi connectivity index (χ0) is 11.9. The van der Waals surface area contributed by atoms with Crippen LogP contribution in [0.1, 0.15) is 34.6 Å². The van der Waals surface area contributed by atoms with Crippen molar-refractivity contribution in [2.45, 2.75) is 46.3 Å². The van der Waals surface area contributed by atoms with Crippen molar-refractivity contribution in [1.29, 1.82) is 0 Å². The molecule has 3 nitrogen and oxygen atoms in total. The highest BCUT2D eigenvalue weighted by molar-refractivity contribution is 5.71. The monoisotopic (exact) mass is 209 g/mol. The Morgan fingerprint density at radius 3 is 2.40 bits per heavy atom. The highest BCUT2D eigenvalue weighted by Gasteiger charge is 2.48. The van der Waals surface area contributed by atoms with Crippen molar-refractivity contribution >= 4 is 6.09 Å². The Bertz CT molecular complexity index is 307. The zero-order valence-electron chi connectivity index (χ0n) is 10.1. The minimum atomic E-state index is -0.462. The van der Waals surface area contributed by atoms with Gasteiger partial charge in [-0.1, -0.05) is 19.8 Å². The highest BCUT2D eigenvalue weighted by atomic mass is 16.6. The van der Waals surface area contributed by atoms with E-state index >= 15 is 0 Å². The summed E-state index contributed by atoms with van der Waals surface area (Å²) in [5.74, 6) is 2.63. The normalized spacial score (nSPS) is 24.0. The number of carbonyl (C=O) groups is 1. The first-order valence-electron chi connectivity index (χ1n) is 5.13. The van der Waals surface area contributed by atoms with Crippen LogP contribution in [-0.2, 0) is 4.74 Å². The van der Waals surface area contributed by atoms with E-state index in [0.29, 0.717) is 6.54 Å². The molecular weight excluding hydrogens is 190 g/mol. The largest absolute Gasteiger partial charge is 0.444 e. The summed E-state index contributed by atoms with van der Waals surface area (Å²) in [6, 6.07) is -0.146. The van der Waals surface area contributed by atoms with Crippen molar-refractivity contribution in [2.75, 3.05) is 6.54 Å². The van der Waals surface area contributed by atoms with Crippen LogP contribution >= 0.6 is 0 Å². The smallest absolute Gasteiger partial charge is 0.411 e. The van der Waals surface area contributed by atoms with Crippen molar-refractivity contribution < 1.29 is 9.53 Å². The van der Waals surface area contributed by atoms with Gasteiger partial charge >= 0.3 is 6.09 Å². The number of carbonyl (C=O) groups excluding carboxylic acids is 1. The van der Waals surface area contributed by atoms with E-state index in [4.69, 9.17) is 11.2 Å². The third-order valence-corrected chi connectivity index (χ3v) is 2.42. The maximum Gasteiger partial charge on any atom is 0.411 e. The molecule has 1 atom stereocenters. The molecule has 1 saturated heterocycles. The van der Waals surface area contributed by atoms with Crippen molar-refractivity contribution in [2.24, 2.45) is 5.41 Å². The van der Waals surface area contributed by atoms with Crippen LogP contribution in [0.5, 0.6) is 0 Å². The standard InChI is InChI=1S/C12H19NO2/c1-7-9-12(5,6)8-13(9)10(14)15-11(2,3)4/h1,9H,8H2,2-6H3. The Balaban J connectivity index is 2.62. The molecule has 15 heavy (non-hydrogen) atoms. The van der Waals surface area contributed by atoms with E-state index in [1.807, 2.05) is 20.8 Å². The summed E-state index contributed by atoms with van der Waals surface area (Å²) in [6.07, 6.45) is 5.09. The predicted molar refractivity (Wildman–Crippen MR) is 59.3 cm³/mol. The Hall–Kier alpha value is -1.17. The van der Waals surface area contributed by atoms with E-state index in [1.165, 1.54) is 0 Å². The van der Waals surface area contributed by atoms with Crippen LogP contribution in [0, 0.1) is 17.8 Å². The summed E-state index contributed by atoms with van der Waals surface area (Å²) in [4.78, 5) is 13.3. The van der Waals surface area contributed by atoms with Gasteiger partial charge in [-0.3, -0.25) is 4.90 Å². The lowest BCUT2D eigenvalue weighted by Gasteiger charge is -2.51. The molecule has 0 bridgehead atoms. The first-order chi connectivity index (χ1) is 6.67. The number of hydrogen-bond donors (Lipinski definition) is 0. The van der Waals surface area contributed by atoms with Gasteiger partial charge < -0.3 is 4.74 Å². The molecule has 1 aliphatic heterocycles. The minimum absolute atomic E-state index is 0.00561. The molecule has 0 aromatic rings. The first kappa shape index (κ1) is 11.9. The van der Waals surface area contributed by atoms with Crippen LogP contribution in [0.2, 0.25) is 0 Å². The molecular formula is C12H19NO2. The predicted octanol–water partition coefficient (Wildman–Crippen LogP) is 2.27. The van der Waals surface area contributed by atoms with Crippen molar-refractivity contribution in [3.63, 3.8) is 0 Å². The number of terminal acetylenes is 1. The molecule has 1 fully saturated rings. The van der Waals surface area contributed by atoms with Crippen LogP contribution < -0.4 is 0 Å². The van der Waals surface area contributed by atoms with E-state index in [1.54, 1.807) is 4.90 Å². The van der Waals surface area contributed by atoms with Gasteiger partial charge in [0.05, 0.1) is 0 Å². The number of nitrogens with zero attached hydrogens (tertiary/aromatic N) is 1. The lowest BCUT2D eigenvalue weighted by Crippen LogP contribution is -2.63. The van der Waals surface area contributed by atoms with Crippen LogP contribution in [0.3, 0.4) is 0 Å². The summed E-state index contributed by atoms with van der Waals surface area (Å²) in [5.41, 5.74) is -0.457. The van der Waals surface area contributed by atoms with E-state index in [9.17, 15) is 4.79 Å². The molecule has 3 heteroatoms.